The number of carbonyl (C=O) groups excluding carboxylic acids is 2. The lowest BCUT2D eigenvalue weighted by Crippen LogP contribution is -2.42. The highest BCUT2D eigenvalue weighted by Crippen LogP contribution is 2.21. The molecule has 14 nitrogen and oxygen atoms in total. The lowest BCUT2D eigenvalue weighted by atomic mass is 10.0. The number of carbonyl (C=O) groups is 3. The van der Waals surface area contributed by atoms with E-state index in [1.165, 1.54) is 12.1 Å². The van der Waals surface area contributed by atoms with E-state index in [1.54, 1.807) is 63.4 Å². The number of aromatic nitrogens is 1. The molecule has 8 N–H and O–H groups in total. The second-order valence-corrected chi connectivity index (χ2v) is 15.1. The summed E-state index contributed by atoms with van der Waals surface area (Å²) < 4.78 is 68.7. The van der Waals surface area contributed by atoms with Crippen molar-refractivity contribution < 1.29 is 60.0 Å². The maximum atomic E-state index is 12.1. The van der Waals surface area contributed by atoms with Gasteiger partial charge in [-0.2, -0.15) is 21.6 Å². The zero-order valence-corrected chi connectivity index (χ0v) is 34.2. The van der Waals surface area contributed by atoms with E-state index in [2.05, 4.69) is 46.9 Å². The number of carboxylic acid groups (broad SMARTS) is 1. The van der Waals surface area contributed by atoms with Gasteiger partial charge in [0.1, 0.15) is 11.5 Å². The van der Waals surface area contributed by atoms with Crippen molar-refractivity contribution in [1.82, 2.24) is 10.5 Å². The van der Waals surface area contributed by atoms with Crippen molar-refractivity contribution in [1.29, 1.82) is 0 Å². The van der Waals surface area contributed by atoms with E-state index in [0.29, 0.717) is 10.2 Å². The second-order valence-electron chi connectivity index (χ2n) is 11.8. The van der Waals surface area contributed by atoms with Gasteiger partial charge in [0.25, 0.3) is 0 Å². The number of aryl methyl sites for hydroxylation is 1. The van der Waals surface area contributed by atoms with Crippen LogP contribution < -0.4 is 16.8 Å². The minimum Gasteiger partial charge on any atom is -0.478 e. The van der Waals surface area contributed by atoms with Gasteiger partial charge in [-0.15, -0.1) is 0 Å². The van der Waals surface area contributed by atoms with Crippen LogP contribution in [-0.2, 0) is 19.6 Å². The molecule has 0 saturated carbocycles. The average molecular weight is 907 g/mol. The number of nitrogens with two attached hydrogens (primary N) is 2. The van der Waals surface area contributed by atoms with E-state index < -0.39 is 33.2 Å². The van der Waals surface area contributed by atoms with Crippen molar-refractivity contribution in [2.24, 2.45) is 0 Å². The third-order valence-corrected chi connectivity index (χ3v) is 7.71. The first-order chi connectivity index (χ1) is 24.0. The quantitative estimate of drug-likeness (QED) is 0.0333. The molecule has 3 rings (SSSR count). The van der Waals surface area contributed by atoms with Gasteiger partial charge in [0.15, 0.2) is 0 Å². The fourth-order valence-electron chi connectivity index (χ4n) is 2.57. The molecule has 0 saturated heterocycles. The highest BCUT2D eigenvalue weighted by atomic mass is 79.9. The highest BCUT2D eigenvalue weighted by molar-refractivity contribution is 9.10. The first-order valence-electron chi connectivity index (χ1n) is 15.2. The number of esters is 1. The molecule has 1 aromatic heterocycles. The Hall–Kier alpha value is -3.98. The Kier molecular flexibility index (Phi) is 22.1. The van der Waals surface area contributed by atoms with Gasteiger partial charge in [0.05, 0.1) is 22.9 Å². The smallest absolute Gasteiger partial charge is 0.478 e. The summed E-state index contributed by atoms with van der Waals surface area (Å²) in [4.78, 5) is 34.4. The Morgan fingerprint density at radius 1 is 0.943 bits per heavy atom. The van der Waals surface area contributed by atoms with Gasteiger partial charge >= 0.3 is 27.6 Å². The maximum absolute atomic E-state index is 12.1. The van der Waals surface area contributed by atoms with Crippen LogP contribution in [-0.4, -0.2) is 62.8 Å². The number of aliphatic hydroxyl groups is 1. The Morgan fingerprint density at radius 3 is 1.68 bits per heavy atom. The topological polar surface area (TPSA) is 245 Å². The third kappa shape index (κ3) is 24.1. The van der Waals surface area contributed by atoms with Crippen LogP contribution in [0, 0.1) is 6.92 Å². The number of rotatable bonds is 7. The molecule has 20 heteroatoms. The Labute approximate surface area is 323 Å². The van der Waals surface area contributed by atoms with Crippen molar-refractivity contribution >= 4 is 71.2 Å². The van der Waals surface area contributed by atoms with E-state index in [9.17, 15) is 27.6 Å². The van der Waals surface area contributed by atoms with Crippen LogP contribution in [0.1, 0.15) is 87.8 Å². The predicted molar refractivity (Wildman–Crippen MR) is 201 cm³/mol. The average Bonchev–Trinajstić information content (AvgIpc) is 3.49. The van der Waals surface area contributed by atoms with E-state index in [4.69, 9.17) is 39.4 Å². The maximum Gasteiger partial charge on any atom is 0.522 e. The lowest BCUT2D eigenvalue weighted by Gasteiger charge is -2.23. The zero-order valence-electron chi connectivity index (χ0n) is 30.2. The molecular weight excluding hydrogens is 861 g/mol. The fourth-order valence-corrected chi connectivity index (χ4v) is 3.29. The van der Waals surface area contributed by atoms with Crippen molar-refractivity contribution in [2.75, 3.05) is 11.5 Å². The van der Waals surface area contributed by atoms with Crippen LogP contribution >= 0.6 is 31.9 Å². The van der Waals surface area contributed by atoms with Gasteiger partial charge in [0, 0.05) is 38.0 Å². The van der Waals surface area contributed by atoms with E-state index >= 15 is 0 Å². The number of nitrogens with one attached hydrogen (secondary N) is 1. The third-order valence-electron chi connectivity index (χ3n) is 6.14. The van der Waals surface area contributed by atoms with Gasteiger partial charge in [-0.25, -0.2) is 9.59 Å². The molecule has 3 aromatic rings. The molecule has 1 amide bonds. The van der Waals surface area contributed by atoms with Gasteiger partial charge in [-0.1, -0.05) is 50.9 Å². The monoisotopic (exact) mass is 904 g/mol. The molecule has 0 spiro atoms. The molecule has 0 fully saturated rings. The summed E-state index contributed by atoms with van der Waals surface area (Å²) in [5.74, 6) is -0.859. The summed E-state index contributed by atoms with van der Waals surface area (Å²) in [5.41, 5.74) is 5.80. The highest BCUT2D eigenvalue weighted by Gasteiger charge is 2.44. The molecule has 0 aliphatic carbocycles. The number of benzene rings is 2. The van der Waals surface area contributed by atoms with Crippen molar-refractivity contribution in [3.63, 3.8) is 0 Å². The normalized spacial score (nSPS) is 11.4. The fraction of sp³-hybridized carbons (Fsp3) is 0.394. The van der Waals surface area contributed by atoms with Crippen molar-refractivity contribution in [3.05, 3.63) is 86.3 Å². The molecule has 53 heavy (non-hydrogen) atoms. The first kappa shape index (κ1) is 51.1. The van der Waals surface area contributed by atoms with Crippen molar-refractivity contribution in [2.45, 2.75) is 84.9 Å². The molecule has 0 bridgehead atoms. The second kappa shape index (κ2) is 22.9. The van der Waals surface area contributed by atoms with Crippen molar-refractivity contribution in [3.8, 4) is 0 Å². The minimum atomic E-state index is -5.84. The summed E-state index contributed by atoms with van der Waals surface area (Å²) in [6, 6.07) is 11.4. The molecule has 1 heterocycles. The molecule has 298 valence electrons. The van der Waals surface area contributed by atoms with Gasteiger partial charge in [-0.05, 0) is 90.8 Å². The number of hydrogen-bond donors (Lipinski definition) is 6. The molecule has 2 aromatic carbocycles. The number of nitrogens with zero attached hydrogens (tertiary/aromatic N) is 1. The lowest BCUT2D eigenvalue weighted by molar-refractivity contribution is -0.118. The van der Waals surface area contributed by atoms with E-state index in [-0.39, 0.29) is 34.0 Å². The van der Waals surface area contributed by atoms with Gasteiger partial charge < -0.3 is 36.3 Å². The van der Waals surface area contributed by atoms with Gasteiger partial charge in [-0.3, -0.25) is 9.35 Å². The molecule has 0 radical (unpaired) electrons. The minimum absolute atomic E-state index is 0.124. The van der Waals surface area contributed by atoms with Crippen LogP contribution in [0.4, 0.5) is 24.5 Å². The van der Waals surface area contributed by atoms with Crippen LogP contribution in [0.15, 0.2) is 74.0 Å². The van der Waals surface area contributed by atoms with E-state index in [0.717, 1.165) is 23.1 Å². The number of halogens is 5. The first-order valence-corrected chi connectivity index (χ1v) is 18.2. The number of hydrogen-bond acceptors (Lipinski definition) is 11. The SMILES string of the molecule is CCC(C)(C)NC(=O)/C=C(\C)OC(=O)c1cc(Br)ccc1N.CCC(C)(C)O.Cc1ccno1.Nc1ccc(Br)cc1C(=O)O.O=S(=O)(O)C(F)(F)F. The molecular formula is C33H45Br2F3N4O10S. The summed E-state index contributed by atoms with van der Waals surface area (Å²) in [7, 11) is -5.84. The molecule has 0 atom stereocenters. The van der Waals surface area contributed by atoms with E-state index in [1.807, 2.05) is 34.6 Å². The largest absolute Gasteiger partial charge is 0.522 e. The number of amides is 1. The number of nitrogen functional groups attached to an aromatic ring is 2. The summed E-state index contributed by atoms with van der Waals surface area (Å²) in [5, 5.41) is 23.7. The summed E-state index contributed by atoms with van der Waals surface area (Å²) in [6.07, 6.45) is 4.49. The Morgan fingerprint density at radius 2 is 1.38 bits per heavy atom. The van der Waals surface area contributed by atoms with Crippen LogP contribution in [0.5, 0.6) is 0 Å². The number of carboxylic acids is 1. The standard InChI is InChI=1S/C16H21BrN2O3.C7H6BrNO2.C5H12O.C4H5NO.CHF3O3S/c1-5-16(3,4)19-14(20)8-10(2)22-15(21)12-9-11(17)6-7-13(12)18;8-4-1-2-6(9)5(3-4)7(10)11;1-4-5(2,3)6;1-4-2-3-5-6-4;2-1(3,4)8(5,6)7/h6-9H,5,18H2,1-4H3,(H,19,20);1-3H,9H2,(H,10,11);6H,4H2,1-3H3;2-3H,1H3;(H,5,6,7)/b10-8+;;;;. The van der Waals surface area contributed by atoms with Crippen LogP contribution in [0.2, 0.25) is 0 Å². The molecule has 0 aliphatic rings. The number of anilines is 2. The predicted octanol–water partition coefficient (Wildman–Crippen LogP) is 7.67. The number of allylic oxidation sites excluding steroid dienone is 1. The summed E-state index contributed by atoms with van der Waals surface area (Å²) >= 11 is 6.42. The molecule has 0 aliphatic heterocycles. The van der Waals surface area contributed by atoms with Crippen LogP contribution in [0.25, 0.3) is 0 Å². The van der Waals surface area contributed by atoms with Gasteiger partial charge in [0.2, 0.25) is 5.91 Å². The zero-order chi connectivity index (χ0) is 42.0. The number of ether oxygens (including phenoxy) is 1. The Bertz CT molecular complexity index is 1760. The number of alkyl halides is 3. The molecule has 0 unspecified atom stereocenters. The summed E-state index contributed by atoms with van der Waals surface area (Å²) in [6.45, 7) is 14.8. The number of aromatic carboxylic acids is 1. The Balaban J connectivity index is 0. The van der Waals surface area contributed by atoms with Crippen LogP contribution in [0.3, 0.4) is 0 Å².